The third kappa shape index (κ3) is 5.01. The van der Waals surface area contributed by atoms with E-state index in [4.69, 9.17) is 16.3 Å². The van der Waals surface area contributed by atoms with E-state index in [1.54, 1.807) is 0 Å². The average molecular weight is 268 g/mol. The zero-order valence-corrected chi connectivity index (χ0v) is 12.1. The predicted octanol–water partition coefficient (Wildman–Crippen LogP) is 4.89. The fraction of sp³-hybridized carbons (Fsp3) is 0.467. The molecule has 0 aliphatic carbocycles. The summed E-state index contributed by atoms with van der Waals surface area (Å²) in [5, 5.41) is 4.05. The molecule has 1 aromatic carbocycles. The average Bonchev–Trinajstić information content (AvgIpc) is 2.29. The molecular weight excluding hydrogens is 246 g/mol. The van der Waals surface area contributed by atoms with Crippen LogP contribution in [0.2, 0.25) is 5.02 Å². The van der Waals surface area contributed by atoms with Crippen molar-refractivity contribution >= 4 is 17.3 Å². The summed E-state index contributed by atoms with van der Waals surface area (Å²) in [5.74, 6) is 0.732. The summed E-state index contributed by atoms with van der Waals surface area (Å²) >= 11 is 6.18. The second kappa shape index (κ2) is 7.32. The smallest absolute Gasteiger partial charge is 0.138 e. The van der Waals surface area contributed by atoms with Gasteiger partial charge in [0, 0.05) is 11.7 Å². The van der Waals surface area contributed by atoms with E-state index < -0.39 is 0 Å². The number of ether oxygens (including phenoxy) is 1. The van der Waals surface area contributed by atoms with E-state index in [-0.39, 0.29) is 6.10 Å². The maximum absolute atomic E-state index is 6.18. The Hall–Kier alpha value is -1.15. The zero-order chi connectivity index (χ0) is 13.5. The molecule has 0 aliphatic heterocycles. The summed E-state index contributed by atoms with van der Waals surface area (Å²) in [5.41, 5.74) is 1.02. The van der Waals surface area contributed by atoms with Crippen molar-refractivity contribution < 1.29 is 4.74 Å². The van der Waals surface area contributed by atoms with Gasteiger partial charge in [0.1, 0.15) is 5.75 Å². The molecule has 1 rings (SSSR count). The number of hydrogen-bond acceptors (Lipinski definition) is 2. The number of allylic oxidation sites excluding steroid dienone is 1. The van der Waals surface area contributed by atoms with Crippen LogP contribution >= 0.6 is 11.6 Å². The molecule has 1 atom stereocenters. The fourth-order valence-corrected chi connectivity index (χ4v) is 1.89. The van der Waals surface area contributed by atoms with E-state index in [0.717, 1.165) is 24.3 Å². The number of anilines is 1. The summed E-state index contributed by atoms with van der Waals surface area (Å²) in [6.07, 6.45) is 4.14. The van der Waals surface area contributed by atoms with Crippen LogP contribution in [-0.4, -0.2) is 12.1 Å². The SMILES string of the molecule is C=CCCC(C)Nc1ccc(OC(C)C)c(Cl)c1. The minimum absolute atomic E-state index is 0.132. The molecule has 0 saturated heterocycles. The second-order valence-electron chi connectivity index (χ2n) is 4.72. The number of benzene rings is 1. The minimum atomic E-state index is 0.132. The van der Waals surface area contributed by atoms with Crippen LogP contribution in [0.15, 0.2) is 30.9 Å². The normalized spacial score (nSPS) is 12.3. The Morgan fingerprint density at radius 2 is 2.11 bits per heavy atom. The lowest BCUT2D eigenvalue weighted by Gasteiger charge is -2.16. The van der Waals surface area contributed by atoms with Crippen LogP contribution in [0.4, 0.5) is 5.69 Å². The molecule has 18 heavy (non-hydrogen) atoms. The van der Waals surface area contributed by atoms with Crippen molar-refractivity contribution in [3.05, 3.63) is 35.9 Å². The summed E-state index contributed by atoms with van der Waals surface area (Å²) < 4.78 is 5.60. The molecule has 0 fully saturated rings. The Morgan fingerprint density at radius 1 is 1.39 bits per heavy atom. The van der Waals surface area contributed by atoms with Crippen molar-refractivity contribution in [2.24, 2.45) is 0 Å². The van der Waals surface area contributed by atoms with Crippen LogP contribution in [0.5, 0.6) is 5.75 Å². The Labute approximate surface area is 115 Å². The molecule has 100 valence electrons. The standard InChI is InChI=1S/C15H22ClNO/c1-5-6-7-12(4)17-13-8-9-15(14(16)10-13)18-11(2)3/h5,8-12,17H,1,6-7H2,2-4H3. The van der Waals surface area contributed by atoms with Gasteiger partial charge < -0.3 is 10.1 Å². The molecule has 1 aromatic rings. The van der Waals surface area contributed by atoms with Gasteiger partial charge in [-0.05, 0) is 51.8 Å². The molecule has 0 amide bonds. The minimum Gasteiger partial charge on any atom is -0.489 e. The summed E-state index contributed by atoms with van der Waals surface area (Å²) in [4.78, 5) is 0. The van der Waals surface area contributed by atoms with E-state index in [0.29, 0.717) is 11.1 Å². The van der Waals surface area contributed by atoms with Gasteiger partial charge in [-0.2, -0.15) is 0 Å². The van der Waals surface area contributed by atoms with Crippen molar-refractivity contribution in [3.8, 4) is 5.75 Å². The molecular formula is C15H22ClNO. The molecule has 0 aliphatic rings. The van der Waals surface area contributed by atoms with E-state index in [9.17, 15) is 0 Å². The second-order valence-corrected chi connectivity index (χ2v) is 5.13. The van der Waals surface area contributed by atoms with E-state index in [1.807, 2.05) is 38.1 Å². The highest BCUT2D eigenvalue weighted by molar-refractivity contribution is 6.32. The largest absolute Gasteiger partial charge is 0.489 e. The van der Waals surface area contributed by atoms with Gasteiger partial charge in [0.2, 0.25) is 0 Å². The highest BCUT2D eigenvalue weighted by atomic mass is 35.5. The molecule has 0 radical (unpaired) electrons. The van der Waals surface area contributed by atoms with E-state index in [1.165, 1.54) is 0 Å². The monoisotopic (exact) mass is 267 g/mol. The molecule has 0 aromatic heterocycles. The van der Waals surface area contributed by atoms with Crippen molar-refractivity contribution in [1.29, 1.82) is 0 Å². The quantitative estimate of drug-likeness (QED) is 0.710. The Kier molecular flexibility index (Phi) is 6.06. The van der Waals surface area contributed by atoms with Crippen LogP contribution < -0.4 is 10.1 Å². The van der Waals surface area contributed by atoms with Gasteiger partial charge in [-0.3, -0.25) is 0 Å². The Balaban J connectivity index is 2.63. The fourth-order valence-electron chi connectivity index (χ4n) is 1.66. The van der Waals surface area contributed by atoms with Crippen molar-refractivity contribution in [2.45, 2.75) is 45.8 Å². The Bertz CT molecular complexity index is 390. The first-order valence-electron chi connectivity index (χ1n) is 6.36. The molecule has 3 heteroatoms. The van der Waals surface area contributed by atoms with Gasteiger partial charge in [-0.15, -0.1) is 6.58 Å². The molecule has 0 spiro atoms. The van der Waals surface area contributed by atoms with Gasteiger partial charge in [0.15, 0.2) is 0 Å². The highest BCUT2D eigenvalue weighted by Gasteiger charge is 2.06. The molecule has 0 saturated carbocycles. The van der Waals surface area contributed by atoms with Crippen LogP contribution in [0.3, 0.4) is 0 Å². The first-order valence-corrected chi connectivity index (χ1v) is 6.74. The third-order valence-corrected chi connectivity index (χ3v) is 2.81. The van der Waals surface area contributed by atoms with Gasteiger partial charge in [0.25, 0.3) is 0 Å². The van der Waals surface area contributed by atoms with Crippen LogP contribution in [-0.2, 0) is 0 Å². The van der Waals surface area contributed by atoms with Crippen molar-refractivity contribution in [1.82, 2.24) is 0 Å². The van der Waals surface area contributed by atoms with Gasteiger partial charge >= 0.3 is 0 Å². The lowest BCUT2D eigenvalue weighted by atomic mass is 10.1. The topological polar surface area (TPSA) is 21.3 Å². The van der Waals surface area contributed by atoms with Gasteiger partial charge in [-0.25, -0.2) is 0 Å². The molecule has 0 bridgehead atoms. The van der Waals surface area contributed by atoms with Crippen LogP contribution in [0, 0.1) is 0 Å². The maximum Gasteiger partial charge on any atom is 0.138 e. The Morgan fingerprint density at radius 3 is 2.67 bits per heavy atom. The molecule has 2 nitrogen and oxygen atoms in total. The highest BCUT2D eigenvalue weighted by Crippen LogP contribution is 2.28. The van der Waals surface area contributed by atoms with Gasteiger partial charge in [0.05, 0.1) is 11.1 Å². The molecule has 0 heterocycles. The zero-order valence-electron chi connectivity index (χ0n) is 11.4. The number of hydrogen-bond donors (Lipinski definition) is 1. The summed E-state index contributed by atoms with van der Waals surface area (Å²) in [6.45, 7) is 9.85. The van der Waals surface area contributed by atoms with E-state index >= 15 is 0 Å². The lowest BCUT2D eigenvalue weighted by molar-refractivity contribution is 0.242. The first kappa shape index (κ1) is 14.9. The predicted molar refractivity (Wildman–Crippen MR) is 79.7 cm³/mol. The van der Waals surface area contributed by atoms with E-state index in [2.05, 4.69) is 18.8 Å². The lowest BCUT2D eigenvalue weighted by Crippen LogP contribution is -2.14. The summed E-state index contributed by atoms with van der Waals surface area (Å²) in [6, 6.07) is 6.21. The maximum atomic E-state index is 6.18. The van der Waals surface area contributed by atoms with Crippen molar-refractivity contribution in [3.63, 3.8) is 0 Å². The molecule has 1 unspecified atom stereocenters. The van der Waals surface area contributed by atoms with Crippen molar-refractivity contribution in [2.75, 3.05) is 5.32 Å². The van der Waals surface area contributed by atoms with Crippen LogP contribution in [0.1, 0.15) is 33.6 Å². The number of nitrogens with one attached hydrogen (secondary N) is 1. The summed E-state index contributed by atoms with van der Waals surface area (Å²) in [7, 11) is 0. The van der Waals surface area contributed by atoms with Crippen LogP contribution in [0.25, 0.3) is 0 Å². The first-order chi connectivity index (χ1) is 8.52. The van der Waals surface area contributed by atoms with Gasteiger partial charge in [-0.1, -0.05) is 17.7 Å². The number of rotatable bonds is 7. The number of halogens is 1. The molecule has 1 N–H and O–H groups in total. The third-order valence-electron chi connectivity index (χ3n) is 2.51.